The van der Waals surface area contributed by atoms with Crippen LogP contribution in [0.4, 0.5) is 0 Å². The molecule has 2 aromatic rings. The van der Waals surface area contributed by atoms with E-state index in [0.29, 0.717) is 12.1 Å². The number of methoxy groups -OCH3 is 1. The van der Waals surface area contributed by atoms with Gasteiger partial charge in [0.15, 0.2) is 0 Å². The summed E-state index contributed by atoms with van der Waals surface area (Å²) in [6.45, 7) is 0.417. The highest BCUT2D eigenvalue weighted by molar-refractivity contribution is 5.92. The summed E-state index contributed by atoms with van der Waals surface area (Å²) in [7, 11) is 1.59. The zero-order valence-corrected chi connectivity index (χ0v) is 12.2. The topological polar surface area (TPSA) is 62.1 Å². The molecule has 0 radical (unpaired) electrons. The maximum Gasteiger partial charge on any atom is 0.244 e. The van der Waals surface area contributed by atoms with Crippen LogP contribution in [-0.2, 0) is 11.3 Å². The first-order valence-corrected chi connectivity index (χ1v) is 6.81. The highest BCUT2D eigenvalue weighted by atomic mass is 16.5. The lowest BCUT2D eigenvalue weighted by atomic mass is 10.1. The highest BCUT2D eigenvalue weighted by Crippen LogP contribution is 2.18. The molecule has 2 aromatic carbocycles. The van der Waals surface area contributed by atoms with E-state index < -0.39 is 0 Å². The van der Waals surface area contributed by atoms with Crippen LogP contribution in [0, 0.1) is 11.3 Å². The van der Waals surface area contributed by atoms with Crippen LogP contribution < -0.4 is 10.1 Å². The Balaban J connectivity index is 1.92. The van der Waals surface area contributed by atoms with Crippen LogP contribution in [0.5, 0.6) is 5.75 Å². The van der Waals surface area contributed by atoms with Gasteiger partial charge in [-0.2, -0.15) is 5.26 Å². The average molecular weight is 292 g/mol. The van der Waals surface area contributed by atoms with Crippen LogP contribution in [0.15, 0.2) is 54.6 Å². The minimum absolute atomic E-state index is 0.185. The Morgan fingerprint density at radius 3 is 2.64 bits per heavy atom. The van der Waals surface area contributed by atoms with Crippen LogP contribution in [-0.4, -0.2) is 13.0 Å². The van der Waals surface area contributed by atoms with Crippen molar-refractivity contribution in [3.8, 4) is 11.8 Å². The van der Waals surface area contributed by atoms with Gasteiger partial charge in [0.25, 0.3) is 0 Å². The molecule has 1 N–H and O–H groups in total. The highest BCUT2D eigenvalue weighted by Gasteiger charge is 2.00. The van der Waals surface area contributed by atoms with Crippen molar-refractivity contribution >= 4 is 12.0 Å². The van der Waals surface area contributed by atoms with Crippen molar-refractivity contribution in [2.24, 2.45) is 0 Å². The number of amides is 1. The van der Waals surface area contributed by atoms with Gasteiger partial charge in [-0.25, -0.2) is 0 Å². The second-order valence-electron chi connectivity index (χ2n) is 4.60. The van der Waals surface area contributed by atoms with Gasteiger partial charge in [-0.1, -0.05) is 30.3 Å². The molecule has 0 aliphatic carbocycles. The zero-order valence-electron chi connectivity index (χ0n) is 12.2. The Bertz CT molecular complexity index is 713. The molecular weight excluding hydrogens is 276 g/mol. The summed E-state index contributed by atoms with van der Waals surface area (Å²) >= 11 is 0. The van der Waals surface area contributed by atoms with Crippen molar-refractivity contribution in [3.05, 3.63) is 71.3 Å². The number of rotatable bonds is 5. The third-order valence-electron chi connectivity index (χ3n) is 3.10. The molecule has 0 atom stereocenters. The minimum atomic E-state index is -0.185. The molecule has 0 heterocycles. The van der Waals surface area contributed by atoms with Crippen LogP contribution in [0.3, 0.4) is 0 Å². The van der Waals surface area contributed by atoms with Gasteiger partial charge in [0.1, 0.15) is 5.75 Å². The number of hydrogen-bond donors (Lipinski definition) is 1. The summed E-state index contributed by atoms with van der Waals surface area (Å²) in [5.41, 5.74) is 2.39. The molecule has 0 bridgehead atoms. The maximum absolute atomic E-state index is 11.8. The van der Waals surface area contributed by atoms with Crippen molar-refractivity contribution < 1.29 is 9.53 Å². The van der Waals surface area contributed by atoms with Gasteiger partial charge < -0.3 is 10.1 Å². The minimum Gasteiger partial charge on any atom is -0.496 e. The monoisotopic (exact) mass is 292 g/mol. The van der Waals surface area contributed by atoms with E-state index in [4.69, 9.17) is 10.00 Å². The normalized spacial score (nSPS) is 10.2. The number of nitrogens with zero attached hydrogens (tertiary/aromatic N) is 1. The lowest BCUT2D eigenvalue weighted by Gasteiger charge is -2.04. The fraction of sp³-hybridized carbons (Fsp3) is 0.111. The van der Waals surface area contributed by atoms with Gasteiger partial charge in [0.2, 0.25) is 5.91 Å². The zero-order chi connectivity index (χ0) is 15.8. The number of ether oxygens (including phenoxy) is 1. The molecule has 4 nitrogen and oxygen atoms in total. The summed E-state index contributed by atoms with van der Waals surface area (Å²) in [6, 6.07) is 16.6. The van der Waals surface area contributed by atoms with Crippen molar-refractivity contribution in [1.82, 2.24) is 5.32 Å². The molecule has 1 amide bonds. The Labute approximate surface area is 129 Å². The standard InChI is InChI=1S/C18H16N2O2/c1-22-17-5-3-2-4-16(17)10-11-18(21)20-13-15-8-6-14(12-19)7-9-15/h2-11H,13H2,1H3,(H,20,21)/b11-10+. The number of nitrogens with one attached hydrogen (secondary N) is 1. The molecule has 22 heavy (non-hydrogen) atoms. The predicted octanol–water partition coefficient (Wildman–Crippen LogP) is 2.90. The number of benzene rings is 2. The largest absolute Gasteiger partial charge is 0.496 e. The number of hydrogen-bond acceptors (Lipinski definition) is 3. The van der Waals surface area contributed by atoms with Crippen molar-refractivity contribution in [3.63, 3.8) is 0 Å². The number of nitriles is 1. The van der Waals surface area contributed by atoms with E-state index in [2.05, 4.69) is 11.4 Å². The molecular formula is C18H16N2O2. The first-order chi connectivity index (χ1) is 10.7. The van der Waals surface area contributed by atoms with Crippen LogP contribution in [0.2, 0.25) is 0 Å². The van der Waals surface area contributed by atoms with Crippen molar-refractivity contribution in [2.75, 3.05) is 7.11 Å². The fourth-order valence-electron chi connectivity index (χ4n) is 1.91. The Kier molecular flexibility index (Phi) is 5.33. The van der Waals surface area contributed by atoms with Gasteiger partial charge in [-0.15, -0.1) is 0 Å². The predicted molar refractivity (Wildman–Crippen MR) is 85.0 cm³/mol. The average Bonchev–Trinajstić information content (AvgIpc) is 2.58. The van der Waals surface area contributed by atoms with Crippen molar-refractivity contribution in [2.45, 2.75) is 6.54 Å². The van der Waals surface area contributed by atoms with Gasteiger partial charge in [-0.3, -0.25) is 4.79 Å². The van der Waals surface area contributed by atoms with E-state index in [-0.39, 0.29) is 5.91 Å². The summed E-state index contributed by atoms with van der Waals surface area (Å²) in [4.78, 5) is 11.8. The van der Waals surface area contributed by atoms with E-state index in [1.54, 1.807) is 25.3 Å². The third-order valence-corrected chi connectivity index (χ3v) is 3.10. The van der Waals surface area contributed by atoms with Crippen LogP contribution >= 0.6 is 0 Å². The number of carbonyl (C=O) groups is 1. The SMILES string of the molecule is COc1ccccc1/C=C/C(=O)NCc1ccc(C#N)cc1. The molecule has 0 aromatic heterocycles. The Hall–Kier alpha value is -3.06. The summed E-state index contributed by atoms with van der Waals surface area (Å²) in [5.74, 6) is 0.536. The first kappa shape index (κ1) is 15.3. The number of carbonyl (C=O) groups excluding carboxylic acids is 1. The molecule has 0 aliphatic rings. The molecule has 0 unspecified atom stereocenters. The Morgan fingerprint density at radius 2 is 1.95 bits per heavy atom. The Morgan fingerprint density at radius 1 is 1.23 bits per heavy atom. The van der Waals surface area contributed by atoms with Gasteiger partial charge in [0.05, 0.1) is 18.7 Å². The molecule has 0 spiro atoms. The fourth-order valence-corrected chi connectivity index (χ4v) is 1.91. The van der Waals surface area contributed by atoms with Crippen LogP contribution in [0.1, 0.15) is 16.7 Å². The van der Waals surface area contributed by atoms with E-state index in [9.17, 15) is 4.79 Å². The molecule has 0 aliphatic heterocycles. The number of para-hydroxylation sites is 1. The summed E-state index contributed by atoms with van der Waals surface area (Å²) in [6.07, 6.45) is 3.19. The van der Waals surface area contributed by atoms with Gasteiger partial charge in [0, 0.05) is 18.2 Å². The van der Waals surface area contributed by atoms with E-state index >= 15 is 0 Å². The summed E-state index contributed by atoms with van der Waals surface area (Å²) in [5, 5.41) is 11.5. The third kappa shape index (κ3) is 4.22. The lowest BCUT2D eigenvalue weighted by Crippen LogP contribution is -2.20. The molecule has 0 saturated carbocycles. The van der Waals surface area contributed by atoms with Gasteiger partial charge >= 0.3 is 0 Å². The molecule has 2 rings (SSSR count). The first-order valence-electron chi connectivity index (χ1n) is 6.81. The summed E-state index contributed by atoms with van der Waals surface area (Å²) < 4.78 is 5.22. The van der Waals surface area contributed by atoms with Crippen LogP contribution in [0.25, 0.3) is 6.08 Å². The quantitative estimate of drug-likeness (QED) is 0.862. The second kappa shape index (κ2) is 7.65. The van der Waals surface area contributed by atoms with E-state index in [1.807, 2.05) is 36.4 Å². The molecule has 4 heteroatoms. The maximum atomic E-state index is 11.8. The lowest BCUT2D eigenvalue weighted by molar-refractivity contribution is -0.116. The van der Waals surface area contributed by atoms with Gasteiger partial charge in [-0.05, 0) is 29.8 Å². The second-order valence-corrected chi connectivity index (χ2v) is 4.60. The molecule has 0 saturated heterocycles. The van der Waals surface area contributed by atoms with E-state index in [1.165, 1.54) is 6.08 Å². The molecule has 110 valence electrons. The molecule has 0 fully saturated rings. The van der Waals surface area contributed by atoms with Crippen molar-refractivity contribution in [1.29, 1.82) is 5.26 Å². The van der Waals surface area contributed by atoms with E-state index in [0.717, 1.165) is 16.9 Å². The smallest absolute Gasteiger partial charge is 0.244 e.